The molecular weight excluding hydrogens is 150 g/mol. The Hall–Kier alpha value is -1.05. The van der Waals surface area contributed by atoms with E-state index in [2.05, 4.69) is 6.58 Å². The van der Waals surface area contributed by atoms with Gasteiger partial charge in [0.1, 0.15) is 0 Å². The van der Waals surface area contributed by atoms with Gasteiger partial charge in [0.2, 0.25) is 5.91 Å². The van der Waals surface area contributed by atoms with Gasteiger partial charge in [-0.25, -0.2) is 0 Å². The van der Waals surface area contributed by atoms with Gasteiger partial charge in [0.25, 0.3) is 0 Å². The third-order valence-electron chi connectivity index (χ3n) is 1.43. The largest absolute Gasteiger partial charge is 0.349 e. The van der Waals surface area contributed by atoms with Crippen LogP contribution < -0.4 is 0 Å². The highest BCUT2D eigenvalue weighted by Crippen LogP contribution is 1.97. The molecule has 0 unspecified atom stereocenters. The molecule has 0 rings (SSSR count). The summed E-state index contributed by atoms with van der Waals surface area (Å²) in [7, 11) is 3.54. The molecule has 0 atom stereocenters. The van der Waals surface area contributed by atoms with Crippen molar-refractivity contribution in [1.82, 2.24) is 4.90 Å². The molecule has 0 aromatic carbocycles. The summed E-state index contributed by atoms with van der Waals surface area (Å²) >= 11 is 0. The molecule has 68 valence electrons. The van der Waals surface area contributed by atoms with Crippen molar-refractivity contribution in [3.8, 4) is 0 Å². The number of amides is 1. The molecule has 0 heterocycles. The van der Waals surface area contributed by atoms with Crippen molar-refractivity contribution in [2.45, 2.75) is 19.8 Å². The van der Waals surface area contributed by atoms with E-state index in [-0.39, 0.29) is 5.91 Å². The number of nitrogens with zero attached hydrogens (tertiary/aromatic N) is 1. The maximum absolute atomic E-state index is 11.1. The Morgan fingerprint density at radius 2 is 2.08 bits per heavy atom. The molecule has 0 aromatic rings. The summed E-state index contributed by atoms with van der Waals surface area (Å²) in [5, 5.41) is 0. The number of carbonyl (C=O) groups is 1. The number of allylic oxidation sites excluding steroid dienone is 3. The van der Waals surface area contributed by atoms with E-state index in [4.69, 9.17) is 0 Å². The summed E-state index contributed by atoms with van der Waals surface area (Å²) < 4.78 is 0. The first-order valence-electron chi connectivity index (χ1n) is 4.06. The zero-order chi connectivity index (χ0) is 9.56. The fourth-order valence-electron chi connectivity index (χ4n) is 0.715. The summed E-state index contributed by atoms with van der Waals surface area (Å²) in [5.41, 5.74) is 1.02. The van der Waals surface area contributed by atoms with Gasteiger partial charge >= 0.3 is 0 Å². The molecule has 0 aliphatic carbocycles. The van der Waals surface area contributed by atoms with Crippen LogP contribution in [0.2, 0.25) is 0 Å². The smallest absolute Gasteiger partial charge is 0.222 e. The van der Waals surface area contributed by atoms with Gasteiger partial charge in [0, 0.05) is 20.5 Å². The molecule has 0 radical (unpaired) electrons. The second-order valence-electron chi connectivity index (χ2n) is 3.08. The Labute approximate surface area is 74.6 Å². The minimum absolute atomic E-state index is 0.168. The molecule has 0 fully saturated rings. The van der Waals surface area contributed by atoms with Crippen molar-refractivity contribution in [3.63, 3.8) is 0 Å². The van der Waals surface area contributed by atoms with Crippen molar-refractivity contribution in [2.24, 2.45) is 0 Å². The van der Waals surface area contributed by atoms with Gasteiger partial charge in [0.05, 0.1) is 0 Å². The molecule has 0 N–H and O–H groups in total. The predicted octanol–water partition coefficient (Wildman–Crippen LogP) is 1.99. The predicted molar refractivity (Wildman–Crippen MR) is 51.9 cm³/mol. The van der Waals surface area contributed by atoms with Crippen LogP contribution in [0.25, 0.3) is 0 Å². The zero-order valence-electron chi connectivity index (χ0n) is 8.13. The van der Waals surface area contributed by atoms with Crippen LogP contribution in [0.4, 0.5) is 0 Å². The SMILES string of the molecule is C=C(C)/C=C/CCC(=O)N(C)C. The summed E-state index contributed by atoms with van der Waals surface area (Å²) in [5.74, 6) is 0.168. The standard InChI is InChI=1S/C10H17NO/c1-9(2)7-5-6-8-10(12)11(3)4/h5,7H,1,6,8H2,2-4H3/b7-5+. The third kappa shape index (κ3) is 5.71. The molecule has 1 amide bonds. The molecule has 2 heteroatoms. The zero-order valence-corrected chi connectivity index (χ0v) is 8.13. The molecule has 0 saturated heterocycles. The molecule has 12 heavy (non-hydrogen) atoms. The third-order valence-corrected chi connectivity index (χ3v) is 1.43. The Bertz CT molecular complexity index is 192. The highest BCUT2D eigenvalue weighted by Gasteiger charge is 2.00. The maximum atomic E-state index is 11.1. The van der Waals surface area contributed by atoms with Crippen molar-refractivity contribution in [2.75, 3.05) is 14.1 Å². The summed E-state index contributed by atoms with van der Waals surface area (Å²) in [6.07, 6.45) is 5.29. The van der Waals surface area contributed by atoms with Crippen molar-refractivity contribution in [3.05, 3.63) is 24.3 Å². The van der Waals surface area contributed by atoms with Gasteiger partial charge in [-0.3, -0.25) is 4.79 Å². The number of hydrogen-bond donors (Lipinski definition) is 0. The van der Waals surface area contributed by atoms with Crippen LogP contribution in [0.5, 0.6) is 0 Å². The fraction of sp³-hybridized carbons (Fsp3) is 0.500. The van der Waals surface area contributed by atoms with Crippen LogP contribution >= 0.6 is 0 Å². The topological polar surface area (TPSA) is 20.3 Å². The molecular formula is C10H17NO. The van der Waals surface area contributed by atoms with E-state index in [0.717, 1.165) is 12.0 Å². The minimum atomic E-state index is 0.168. The quantitative estimate of drug-likeness (QED) is 0.586. The van der Waals surface area contributed by atoms with E-state index < -0.39 is 0 Å². The molecule has 0 bridgehead atoms. The van der Waals surface area contributed by atoms with Crippen LogP contribution in [0.1, 0.15) is 19.8 Å². The van der Waals surface area contributed by atoms with Crippen LogP contribution in [-0.4, -0.2) is 24.9 Å². The normalized spacial score (nSPS) is 10.2. The van der Waals surface area contributed by atoms with Gasteiger partial charge in [-0.15, -0.1) is 0 Å². The first-order valence-corrected chi connectivity index (χ1v) is 4.06. The molecule has 0 aliphatic rings. The van der Waals surface area contributed by atoms with E-state index in [1.165, 1.54) is 0 Å². The van der Waals surface area contributed by atoms with Gasteiger partial charge in [-0.2, -0.15) is 0 Å². The molecule has 0 spiro atoms. The van der Waals surface area contributed by atoms with Crippen LogP contribution in [0.3, 0.4) is 0 Å². The Kier molecular flexibility index (Phi) is 5.09. The first kappa shape index (κ1) is 11.0. The van der Waals surface area contributed by atoms with Crippen LogP contribution in [-0.2, 0) is 4.79 Å². The van der Waals surface area contributed by atoms with Gasteiger partial charge < -0.3 is 4.90 Å². The lowest BCUT2D eigenvalue weighted by molar-refractivity contribution is -0.128. The molecule has 0 saturated carbocycles. The second kappa shape index (κ2) is 5.58. The highest BCUT2D eigenvalue weighted by molar-refractivity contribution is 5.75. The van der Waals surface area contributed by atoms with Gasteiger partial charge in [0.15, 0.2) is 0 Å². The molecule has 0 aliphatic heterocycles. The van der Waals surface area contributed by atoms with Crippen molar-refractivity contribution in [1.29, 1.82) is 0 Å². The van der Waals surface area contributed by atoms with E-state index in [0.29, 0.717) is 6.42 Å². The maximum Gasteiger partial charge on any atom is 0.222 e. The van der Waals surface area contributed by atoms with Gasteiger partial charge in [-0.05, 0) is 13.3 Å². The minimum Gasteiger partial charge on any atom is -0.349 e. The van der Waals surface area contributed by atoms with Gasteiger partial charge in [-0.1, -0.05) is 24.3 Å². The second-order valence-corrected chi connectivity index (χ2v) is 3.08. The number of carbonyl (C=O) groups excluding carboxylic acids is 1. The summed E-state index contributed by atoms with van der Waals surface area (Å²) in [6.45, 7) is 5.66. The van der Waals surface area contributed by atoms with E-state index >= 15 is 0 Å². The average Bonchev–Trinajstić information content (AvgIpc) is 1.97. The average molecular weight is 167 g/mol. The lowest BCUT2D eigenvalue weighted by Gasteiger charge is -2.07. The lowest BCUT2D eigenvalue weighted by atomic mass is 10.2. The lowest BCUT2D eigenvalue weighted by Crippen LogP contribution is -2.20. The Morgan fingerprint density at radius 3 is 2.50 bits per heavy atom. The van der Waals surface area contributed by atoms with Crippen LogP contribution in [0, 0.1) is 0 Å². The van der Waals surface area contributed by atoms with E-state index in [1.54, 1.807) is 19.0 Å². The fourth-order valence-corrected chi connectivity index (χ4v) is 0.715. The van der Waals surface area contributed by atoms with Crippen LogP contribution in [0.15, 0.2) is 24.3 Å². The number of rotatable bonds is 4. The van der Waals surface area contributed by atoms with E-state index in [9.17, 15) is 4.79 Å². The Morgan fingerprint density at radius 1 is 1.50 bits per heavy atom. The first-order chi connectivity index (χ1) is 5.54. The summed E-state index contributed by atoms with van der Waals surface area (Å²) in [4.78, 5) is 12.7. The van der Waals surface area contributed by atoms with Crippen molar-refractivity contribution < 1.29 is 4.79 Å². The van der Waals surface area contributed by atoms with Crippen molar-refractivity contribution >= 4 is 5.91 Å². The highest BCUT2D eigenvalue weighted by atomic mass is 16.2. The molecule has 2 nitrogen and oxygen atoms in total. The summed E-state index contributed by atoms with van der Waals surface area (Å²) in [6, 6.07) is 0. The van der Waals surface area contributed by atoms with E-state index in [1.807, 2.05) is 19.1 Å². The molecule has 0 aromatic heterocycles. The Balaban J connectivity index is 3.57. The monoisotopic (exact) mass is 167 g/mol. The number of hydrogen-bond acceptors (Lipinski definition) is 1.